The highest BCUT2D eigenvalue weighted by molar-refractivity contribution is 7.80. The predicted octanol–water partition coefficient (Wildman–Crippen LogP) is 3.07. The predicted molar refractivity (Wildman–Crippen MR) is 62.4 cm³/mol. The van der Waals surface area contributed by atoms with Crippen LogP contribution in [0.3, 0.4) is 0 Å². The highest BCUT2D eigenvalue weighted by atomic mass is 32.1. The molecule has 1 aliphatic rings. The third-order valence-corrected chi connectivity index (χ3v) is 3.72. The summed E-state index contributed by atoms with van der Waals surface area (Å²) in [7, 11) is 0. The lowest BCUT2D eigenvalue weighted by Crippen LogP contribution is -2.36. The van der Waals surface area contributed by atoms with Crippen LogP contribution in [0.2, 0.25) is 0 Å². The third kappa shape index (κ3) is 5.97. The van der Waals surface area contributed by atoms with Crippen LogP contribution in [0.25, 0.3) is 0 Å². The van der Waals surface area contributed by atoms with Crippen LogP contribution < -0.4 is 0 Å². The first-order chi connectivity index (χ1) is 7.97. The zero-order valence-corrected chi connectivity index (χ0v) is 10.7. The first-order valence-electron chi connectivity index (χ1n) is 5.81. The minimum atomic E-state index is -4.08. The first kappa shape index (κ1) is 15.1. The molecular weight excluding hydrogens is 253 g/mol. The smallest absolute Gasteiger partial charge is 0.381 e. The summed E-state index contributed by atoms with van der Waals surface area (Å²) in [5.41, 5.74) is -0.0143. The molecule has 1 rings (SSSR count). The molecule has 0 unspecified atom stereocenters. The van der Waals surface area contributed by atoms with Gasteiger partial charge in [-0.3, -0.25) is 0 Å². The molecule has 2 nitrogen and oxygen atoms in total. The number of rotatable bonds is 6. The standard InChI is InChI=1S/C11H19F3O2S/c12-11(13,14)2-1-5-16-8-10(9-17)3-6-15-7-4-10/h17H,1-9H2. The summed E-state index contributed by atoms with van der Waals surface area (Å²) in [5.74, 6) is 0.690. The molecule has 0 aromatic rings. The molecule has 0 N–H and O–H groups in total. The zero-order valence-electron chi connectivity index (χ0n) is 9.76. The van der Waals surface area contributed by atoms with Gasteiger partial charge >= 0.3 is 6.18 Å². The van der Waals surface area contributed by atoms with E-state index in [2.05, 4.69) is 12.6 Å². The summed E-state index contributed by atoms with van der Waals surface area (Å²) in [6.07, 6.45) is -3.08. The van der Waals surface area contributed by atoms with Crippen molar-refractivity contribution < 1.29 is 22.6 Å². The van der Waals surface area contributed by atoms with E-state index < -0.39 is 12.6 Å². The van der Waals surface area contributed by atoms with Crippen molar-refractivity contribution in [3.63, 3.8) is 0 Å². The Kier molecular flexibility index (Phi) is 6.09. The van der Waals surface area contributed by atoms with Crippen LogP contribution in [0.4, 0.5) is 13.2 Å². The Labute approximate surface area is 105 Å². The molecule has 6 heteroatoms. The van der Waals surface area contributed by atoms with E-state index in [1.165, 1.54) is 0 Å². The van der Waals surface area contributed by atoms with E-state index in [0.29, 0.717) is 25.6 Å². The summed E-state index contributed by atoms with van der Waals surface area (Å²) in [6, 6.07) is 0. The maximum atomic E-state index is 11.9. The number of thiol groups is 1. The quantitative estimate of drug-likeness (QED) is 0.592. The van der Waals surface area contributed by atoms with Gasteiger partial charge < -0.3 is 9.47 Å². The second kappa shape index (κ2) is 6.85. The van der Waals surface area contributed by atoms with Crippen LogP contribution in [0, 0.1) is 5.41 Å². The molecule has 0 radical (unpaired) electrons. The summed E-state index contributed by atoms with van der Waals surface area (Å²) in [4.78, 5) is 0. The molecule has 0 bridgehead atoms. The Balaban J connectivity index is 2.15. The first-order valence-corrected chi connectivity index (χ1v) is 6.44. The molecule has 1 heterocycles. The Morgan fingerprint density at radius 2 is 1.88 bits per heavy atom. The summed E-state index contributed by atoms with van der Waals surface area (Å²) >= 11 is 4.30. The van der Waals surface area contributed by atoms with Crippen LogP contribution >= 0.6 is 12.6 Å². The van der Waals surface area contributed by atoms with Gasteiger partial charge in [-0.25, -0.2) is 0 Å². The van der Waals surface area contributed by atoms with Gasteiger partial charge in [-0.2, -0.15) is 25.8 Å². The van der Waals surface area contributed by atoms with E-state index >= 15 is 0 Å². The molecule has 0 aromatic carbocycles. The van der Waals surface area contributed by atoms with Gasteiger partial charge in [0, 0.05) is 31.7 Å². The van der Waals surface area contributed by atoms with Crippen molar-refractivity contribution in [2.24, 2.45) is 5.41 Å². The third-order valence-electron chi connectivity index (χ3n) is 3.05. The average Bonchev–Trinajstić information content (AvgIpc) is 2.28. The number of hydrogen-bond donors (Lipinski definition) is 1. The van der Waals surface area contributed by atoms with Crippen molar-refractivity contribution in [2.45, 2.75) is 31.9 Å². The molecular formula is C11H19F3O2S. The maximum Gasteiger partial charge on any atom is 0.389 e. The fourth-order valence-corrected chi connectivity index (χ4v) is 2.22. The Morgan fingerprint density at radius 3 is 2.41 bits per heavy atom. The minimum absolute atomic E-state index is 0.0143. The van der Waals surface area contributed by atoms with Crippen LogP contribution in [0.5, 0.6) is 0 Å². The van der Waals surface area contributed by atoms with Crippen LogP contribution in [-0.4, -0.2) is 38.4 Å². The van der Waals surface area contributed by atoms with Gasteiger partial charge in [-0.15, -0.1) is 0 Å². The number of halogens is 3. The molecule has 102 valence electrons. The van der Waals surface area contributed by atoms with Crippen LogP contribution in [-0.2, 0) is 9.47 Å². The second-order valence-corrected chi connectivity index (χ2v) is 4.86. The fraction of sp³-hybridized carbons (Fsp3) is 1.00. The van der Waals surface area contributed by atoms with E-state index in [0.717, 1.165) is 12.8 Å². The lowest BCUT2D eigenvalue weighted by Gasteiger charge is -2.35. The molecule has 17 heavy (non-hydrogen) atoms. The fourth-order valence-electron chi connectivity index (χ4n) is 1.82. The van der Waals surface area contributed by atoms with E-state index in [1.54, 1.807) is 0 Å². The highest BCUT2D eigenvalue weighted by Gasteiger charge is 2.32. The lowest BCUT2D eigenvalue weighted by atomic mass is 9.83. The molecule has 0 spiro atoms. The van der Waals surface area contributed by atoms with Gasteiger partial charge in [0.2, 0.25) is 0 Å². The number of alkyl halides is 3. The normalized spacial score (nSPS) is 20.5. The molecule has 0 atom stereocenters. The zero-order chi connectivity index (χ0) is 12.8. The number of hydrogen-bond acceptors (Lipinski definition) is 3. The molecule has 0 saturated carbocycles. The Bertz CT molecular complexity index is 215. The van der Waals surface area contributed by atoms with Gasteiger partial charge in [0.25, 0.3) is 0 Å². The van der Waals surface area contributed by atoms with Crippen molar-refractivity contribution >= 4 is 12.6 Å². The molecule has 1 fully saturated rings. The molecule has 1 saturated heterocycles. The van der Waals surface area contributed by atoms with Crippen molar-refractivity contribution in [3.8, 4) is 0 Å². The maximum absolute atomic E-state index is 11.9. The van der Waals surface area contributed by atoms with Gasteiger partial charge in [-0.05, 0) is 25.0 Å². The van der Waals surface area contributed by atoms with Gasteiger partial charge in [0.1, 0.15) is 0 Å². The van der Waals surface area contributed by atoms with Crippen molar-refractivity contribution in [2.75, 3.05) is 32.2 Å². The highest BCUT2D eigenvalue weighted by Crippen LogP contribution is 2.32. The lowest BCUT2D eigenvalue weighted by molar-refractivity contribution is -0.138. The molecule has 0 aromatic heterocycles. The average molecular weight is 272 g/mol. The topological polar surface area (TPSA) is 18.5 Å². The van der Waals surface area contributed by atoms with Gasteiger partial charge in [-0.1, -0.05) is 0 Å². The summed E-state index contributed by atoms with van der Waals surface area (Å²) < 4.78 is 46.3. The van der Waals surface area contributed by atoms with E-state index in [9.17, 15) is 13.2 Å². The molecule has 1 aliphatic heterocycles. The van der Waals surface area contributed by atoms with Crippen molar-refractivity contribution in [1.29, 1.82) is 0 Å². The van der Waals surface area contributed by atoms with Gasteiger partial charge in [0.15, 0.2) is 0 Å². The SMILES string of the molecule is FC(F)(F)CCCOCC1(CS)CCOCC1. The van der Waals surface area contributed by atoms with E-state index in [1.807, 2.05) is 0 Å². The van der Waals surface area contributed by atoms with Crippen LogP contribution in [0.15, 0.2) is 0 Å². The Morgan fingerprint density at radius 1 is 1.24 bits per heavy atom. The Hall–Kier alpha value is 0.0600. The second-order valence-electron chi connectivity index (χ2n) is 4.54. The van der Waals surface area contributed by atoms with Gasteiger partial charge in [0.05, 0.1) is 6.61 Å². The molecule has 0 amide bonds. The largest absolute Gasteiger partial charge is 0.389 e. The van der Waals surface area contributed by atoms with Crippen molar-refractivity contribution in [1.82, 2.24) is 0 Å². The summed E-state index contributed by atoms with van der Waals surface area (Å²) in [6.45, 7) is 2.02. The van der Waals surface area contributed by atoms with Crippen molar-refractivity contribution in [3.05, 3.63) is 0 Å². The molecule has 0 aliphatic carbocycles. The van der Waals surface area contributed by atoms with Crippen LogP contribution in [0.1, 0.15) is 25.7 Å². The monoisotopic (exact) mass is 272 g/mol. The minimum Gasteiger partial charge on any atom is -0.381 e. The summed E-state index contributed by atoms with van der Waals surface area (Å²) in [5, 5.41) is 0. The van der Waals surface area contributed by atoms with E-state index in [4.69, 9.17) is 9.47 Å². The van der Waals surface area contributed by atoms with E-state index in [-0.39, 0.29) is 18.4 Å². The number of ether oxygens (including phenoxy) is 2.